The maximum Gasteiger partial charge on any atom is 0.194 e. The van der Waals surface area contributed by atoms with Gasteiger partial charge >= 0.3 is 0 Å². The minimum Gasteiger partial charge on any atom is -0.493 e. The predicted octanol–water partition coefficient (Wildman–Crippen LogP) is 2.92. The first kappa shape index (κ1) is 22.2. The van der Waals surface area contributed by atoms with Crippen LogP contribution in [0.4, 0.5) is 0 Å². The number of likely N-dealkylation sites (tertiary alicyclic amines) is 1. The third kappa shape index (κ3) is 4.93. The lowest BCUT2D eigenvalue weighted by Gasteiger charge is -2.38. The van der Waals surface area contributed by atoms with Crippen molar-refractivity contribution in [1.29, 1.82) is 0 Å². The summed E-state index contributed by atoms with van der Waals surface area (Å²) in [5, 5.41) is 3.55. The van der Waals surface area contributed by atoms with E-state index in [1.165, 1.54) is 31.2 Å². The van der Waals surface area contributed by atoms with Crippen LogP contribution < -0.4 is 14.8 Å². The van der Waals surface area contributed by atoms with E-state index in [1.54, 1.807) is 14.2 Å². The lowest BCUT2D eigenvalue weighted by atomic mass is 9.68. The zero-order chi connectivity index (χ0) is 21.7. The molecule has 0 aromatic heterocycles. The summed E-state index contributed by atoms with van der Waals surface area (Å²) in [6.45, 7) is 9.38. The Bertz CT molecular complexity index is 759. The lowest BCUT2D eigenvalue weighted by molar-refractivity contribution is 0.0179. The molecular weight excluding hydrogens is 392 g/mol. The summed E-state index contributed by atoms with van der Waals surface area (Å²) in [6, 6.07) is 6.42. The van der Waals surface area contributed by atoms with Crippen LogP contribution in [0.25, 0.3) is 0 Å². The maximum atomic E-state index is 5.61. The second-order valence-electron chi connectivity index (χ2n) is 9.00. The van der Waals surface area contributed by atoms with Gasteiger partial charge in [0.15, 0.2) is 17.5 Å². The molecule has 2 saturated heterocycles. The number of nitrogens with zero attached hydrogens (tertiary/aromatic N) is 3. The van der Waals surface area contributed by atoms with Crippen molar-refractivity contribution in [3.8, 4) is 11.5 Å². The molecule has 1 saturated carbocycles. The summed E-state index contributed by atoms with van der Waals surface area (Å²) in [7, 11) is 3.37. The van der Waals surface area contributed by atoms with Crippen molar-refractivity contribution >= 4 is 5.96 Å². The van der Waals surface area contributed by atoms with Gasteiger partial charge in [0.2, 0.25) is 0 Å². The third-order valence-electron chi connectivity index (χ3n) is 7.18. The average Bonchev–Trinajstić information content (AvgIpc) is 3.25. The monoisotopic (exact) mass is 430 g/mol. The Hall–Kier alpha value is -1.99. The first-order chi connectivity index (χ1) is 15.2. The molecule has 1 N–H and O–H groups in total. The summed E-state index contributed by atoms with van der Waals surface area (Å²) in [4.78, 5) is 10.1. The van der Waals surface area contributed by atoms with Crippen molar-refractivity contribution in [3.63, 3.8) is 0 Å². The van der Waals surface area contributed by atoms with Crippen LogP contribution >= 0.6 is 0 Å². The first-order valence-corrected chi connectivity index (χ1v) is 11.7. The molecule has 1 aliphatic carbocycles. The van der Waals surface area contributed by atoms with E-state index in [-0.39, 0.29) is 6.04 Å². The van der Waals surface area contributed by atoms with Crippen LogP contribution in [0.15, 0.2) is 23.2 Å². The highest BCUT2D eigenvalue weighted by atomic mass is 16.5. The molecule has 0 radical (unpaired) electrons. The molecule has 1 spiro atoms. The van der Waals surface area contributed by atoms with Crippen molar-refractivity contribution in [2.45, 2.75) is 38.6 Å². The predicted molar refractivity (Wildman–Crippen MR) is 123 cm³/mol. The maximum absolute atomic E-state index is 5.61. The molecule has 0 amide bonds. The Morgan fingerprint density at radius 3 is 2.52 bits per heavy atom. The van der Waals surface area contributed by atoms with Crippen molar-refractivity contribution in [3.05, 3.63) is 23.8 Å². The zero-order valence-corrected chi connectivity index (χ0v) is 19.4. The molecule has 1 aromatic carbocycles. The highest BCUT2D eigenvalue weighted by Crippen LogP contribution is 2.47. The van der Waals surface area contributed by atoms with Gasteiger partial charge in [0, 0.05) is 32.7 Å². The van der Waals surface area contributed by atoms with E-state index in [1.807, 2.05) is 6.07 Å². The summed E-state index contributed by atoms with van der Waals surface area (Å²) in [6.07, 6.45) is 5.45. The van der Waals surface area contributed by atoms with Gasteiger partial charge in [0.1, 0.15) is 0 Å². The van der Waals surface area contributed by atoms with E-state index >= 15 is 0 Å². The van der Waals surface area contributed by atoms with Gasteiger partial charge < -0.3 is 24.4 Å². The molecule has 31 heavy (non-hydrogen) atoms. The van der Waals surface area contributed by atoms with Crippen LogP contribution in [-0.2, 0) is 4.74 Å². The highest BCUT2D eigenvalue weighted by Gasteiger charge is 2.43. The average molecular weight is 431 g/mol. The van der Waals surface area contributed by atoms with E-state index in [0.717, 1.165) is 63.4 Å². The van der Waals surface area contributed by atoms with Crippen LogP contribution in [0.3, 0.4) is 0 Å². The van der Waals surface area contributed by atoms with Crippen molar-refractivity contribution < 1.29 is 14.2 Å². The number of methoxy groups -OCH3 is 2. The van der Waals surface area contributed by atoms with Gasteiger partial charge in [-0.05, 0) is 49.3 Å². The number of rotatable bonds is 7. The highest BCUT2D eigenvalue weighted by molar-refractivity contribution is 5.80. The van der Waals surface area contributed by atoms with E-state index in [4.69, 9.17) is 19.2 Å². The largest absolute Gasteiger partial charge is 0.493 e. The third-order valence-corrected chi connectivity index (χ3v) is 7.18. The molecule has 4 rings (SSSR count). The van der Waals surface area contributed by atoms with E-state index in [0.29, 0.717) is 12.0 Å². The van der Waals surface area contributed by atoms with E-state index < -0.39 is 0 Å². The number of aliphatic imine (C=N–C) groups is 1. The summed E-state index contributed by atoms with van der Waals surface area (Å²) in [5.41, 5.74) is 1.76. The van der Waals surface area contributed by atoms with Gasteiger partial charge in [0.05, 0.1) is 40.0 Å². The Morgan fingerprint density at radius 1 is 1.13 bits per heavy atom. The van der Waals surface area contributed by atoms with Crippen LogP contribution in [0, 0.1) is 5.41 Å². The molecule has 7 nitrogen and oxygen atoms in total. The fourth-order valence-corrected chi connectivity index (χ4v) is 5.18. The summed E-state index contributed by atoms with van der Waals surface area (Å²) in [5.74, 6) is 2.58. The molecular formula is C24H38N4O3. The van der Waals surface area contributed by atoms with Crippen LogP contribution in [0.1, 0.15) is 44.2 Å². The van der Waals surface area contributed by atoms with Gasteiger partial charge in [-0.3, -0.25) is 9.89 Å². The number of ether oxygens (including phenoxy) is 3. The van der Waals surface area contributed by atoms with Crippen LogP contribution in [0.5, 0.6) is 11.5 Å². The van der Waals surface area contributed by atoms with Gasteiger partial charge in [-0.2, -0.15) is 0 Å². The molecule has 2 aliphatic heterocycles. The SMILES string of the molecule is CCNC(=NCC(c1ccc(OC)c(OC)c1)N1CCOCC1)N1CCC2(CCC2)C1. The summed E-state index contributed by atoms with van der Waals surface area (Å²) < 4.78 is 16.6. The van der Waals surface area contributed by atoms with Crippen molar-refractivity contribution in [2.24, 2.45) is 10.4 Å². The molecule has 1 unspecified atom stereocenters. The van der Waals surface area contributed by atoms with E-state index in [2.05, 4.69) is 34.2 Å². The smallest absolute Gasteiger partial charge is 0.194 e. The minimum absolute atomic E-state index is 0.178. The normalized spacial score (nSPS) is 22.3. The molecule has 3 aliphatic rings. The van der Waals surface area contributed by atoms with Gasteiger partial charge in [-0.15, -0.1) is 0 Å². The van der Waals surface area contributed by atoms with Crippen LogP contribution in [-0.4, -0.2) is 82.5 Å². The Kier molecular flexibility index (Phi) is 7.23. The molecule has 1 aromatic rings. The second kappa shape index (κ2) is 10.1. The number of benzene rings is 1. The van der Waals surface area contributed by atoms with Crippen molar-refractivity contribution in [1.82, 2.24) is 15.1 Å². The number of morpholine rings is 1. The minimum atomic E-state index is 0.178. The lowest BCUT2D eigenvalue weighted by Crippen LogP contribution is -2.44. The molecule has 1 atom stereocenters. The molecule has 2 heterocycles. The fraction of sp³-hybridized carbons (Fsp3) is 0.708. The van der Waals surface area contributed by atoms with Gasteiger partial charge in [-0.25, -0.2) is 0 Å². The van der Waals surface area contributed by atoms with Crippen molar-refractivity contribution in [2.75, 3.05) is 66.7 Å². The number of nitrogens with one attached hydrogen (secondary N) is 1. The molecule has 0 bridgehead atoms. The zero-order valence-electron chi connectivity index (χ0n) is 19.4. The summed E-state index contributed by atoms with van der Waals surface area (Å²) >= 11 is 0. The topological polar surface area (TPSA) is 58.6 Å². The first-order valence-electron chi connectivity index (χ1n) is 11.7. The second-order valence-corrected chi connectivity index (χ2v) is 9.00. The Balaban J connectivity index is 1.56. The van der Waals surface area contributed by atoms with E-state index in [9.17, 15) is 0 Å². The molecule has 7 heteroatoms. The van der Waals surface area contributed by atoms with Gasteiger partial charge in [-0.1, -0.05) is 12.5 Å². The number of hydrogen-bond acceptors (Lipinski definition) is 5. The van der Waals surface area contributed by atoms with Gasteiger partial charge in [0.25, 0.3) is 0 Å². The molecule has 3 fully saturated rings. The number of guanidine groups is 1. The Labute approximate surface area is 186 Å². The quantitative estimate of drug-likeness (QED) is 0.530. The Morgan fingerprint density at radius 2 is 1.90 bits per heavy atom. The standard InChI is InChI=1S/C24H38N4O3/c1-4-25-23(28-11-10-24(18-28)8-5-9-24)26-17-20(27-12-14-31-15-13-27)19-6-7-21(29-2)22(16-19)30-3/h6-7,16,20H,4-5,8-15,17-18H2,1-3H3,(H,25,26). The van der Waals surface area contributed by atoms with Crippen LogP contribution in [0.2, 0.25) is 0 Å². The molecule has 172 valence electrons. The fourth-order valence-electron chi connectivity index (χ4n) is 5.18. The number of hydrogen-bond donors (Lipinski definition) is 1.